The Kier molecular flexibility index (Phi) is 6.61. The highest BCUT2D eigenvalue weighted by Crippen LogP contribution is 2.28. The summed E-state index contributed by atoms with van der Waals surface area (Å²) < 4.78 is 13.5. The molecule has 3 aromatic rings. The van der Waals surface area contributed by atoms with Crippen LogP contribution in [0.25, 0.3) is 10.9 Å². The molecule has 0 radical (unpaired) electrons. The Balaban J connectivity index is 2.12. The topological polar surface area (TPSA) is 65.7 Å². The molecular formula is C23H26BrN3O3. The molecule has 0 saturated heterocycles. The van der Waals surface area contributed by atoms with Gasteiger partial charge in [-0.15, -0.1) is 0 Å². The van der Waals surface area contributed by atoms with Crippen molar-refractivity contribution in [3.05, 3.63) is 62.6 Å². The number of ether oxygens (including phenoxy) is 2. The molecular weight excluding hydrogens is 446 g/mol. The van der Waals surface area contributed by atoms with E-state index in [2.05, 4.69) is 21.0 Å². The Morgan fingerprint density at radius 2 is 1.77 bits per heavy atom. The van der Waals surface area contributed by atoms with Gasteiger partial charge in [0.05, 0.1) is 30.3 Å². The van der Waals surface area contributed by atoms with Crippen LogP contribution in [0.15, 0.2) is 50.8 Å². The second kappa shape index (κ2) is 9.00. The molecule has 0 amide bonds. The summed E-state index contributed by atoms with van der Waals surface area (Å²) in [5.74, 6) is 1.92. The molecule has 0 aliphatic heterocycles. The van der Waals surface area contributed by atoms with E-state index in [0.717, 1.165) is 10.0 Å². The summed E-state index contributed by atoms with van der Waals surface area (Å²) in [6, 6.07) is 11.1. The van der Waals surface area contributed by atoms with Gasteiger partial charge in [0.25, 0.3) is 5.56 Å². The van der Waals surface area contributed by atoms with Gasteiger partial charge in [0.2, 0.25) is 0 Å². The van der Waals surface area contributed by atoms with Crippen molar-refractivity contribution < 1.29 is 9.47 Å². The Morgan fingerprint density at radius 1 is 1.07 bits per heavy atom. The zero-order valence-electron chi connectivity index (χ0n) is 17.9. The number of rotatable bonds is 6. The van der Waals surface area contributed by atoms with Gasteiger partial charge in [-0.3, -0.25) is 4.79 Å². The van der Waals surface area contributed by atoms with Gasteiger partial charge in [0.1, 0.15) is 5.82 Å². The van der Waals surface area contributed by atoms with E-state index >= 15 is 0 Å². The van der Waals surface area contributed by atoms with E-state index in [1.807, 2.05) is 65.0 Å². The number of benzene rings is 2. The quantitative estimate of drug-likeness (QED) is 0.467. The number of fused-ring (bicyclic) bond motifs is 1. The highest BCUT2D eigenvalue weighted by Gasteiger charge is 2.22. The van der Waals surface area contributed by atoms with Crippen LogP contribution in [-0.4, -0.2) is 29.1 Å². The van der Waals surface area contributed by atoms with E-state index in [9.17, 15) is 4.79 Å². The second-order valence-electron chi connectivity index (χ2n) is 7.78. The van der Waals surface area contributed by atoms with E-state index in [4.69, 9.17) is 14.5 Å². The van der Waals surface area contributed by atoms with Crippen molar-refractivity contribution in [2.45, 2.75) is 40.0 Å². The van der Waals surface area contributed by atoms with E-state index in [-0.39, 0.29) is 11.0 Å². The van der Waals surface area contributed by atoms with Crippen molar-refractivity contribution in [1.82, 2.24) is 9.66 Å². The fourth-order valence-electron chi connectivity index (χ4n) is 3.01. The van der Waals surface area contributed by atoms with Gasteiger partial charge < -0.3 is 9.47 Å². The maximum absolute atomic E-state index is 13.2. The summed E-state index contributed by atoms with van der Waals surface area (Å²) in [5.41, 5.74) is 0.869. The van der Waals surface area contributed by atoms with Crippen LogP contribution in [0, 0.1) is 0 Å². The molecule has 6 nitrogen and oxygen atoms in total. The van der Waals surface area contributed by atoms with Crippen LogP contribution in [0.3, 0.4) is 0 Å². The molecule has 0 bridgehead atoms. The lowest BCUT2D eigenvalue weighted by atomic mass is 9.95. The third-order valence-corrected chi connectivity index (χ3v) is 4.86. The highest BCUT2D eigenvalue weighted by molar-refractivity contribution is 9.10. The first-order valence-electron chi connectivity index (χ1n) is 9.91. The first-order valence-corrected chi connectivity index (χ1v) is 10.7. The van der Waals surface area contributed by atoms with Gasteiger partial charge in [0.15, 0.2) is 11.5 Å². The third-order valence-electron chi connectivity index (χ3n) is 4.37. The average Bonchev–Trinajstić information content (AvgIpc) is 2.69. The van der Waals surface area contributed by atoms with Gasteiger partial charge >= 0.3 is 0 Å². The lowest BCUT2D eigenvalue weighted by molar-refractivity contribution is 0.288. The largest absolute Gasteiger partial charge is 0.490 e. The minimum Gasteiger partial charge on any atom is -0.490 e. The monoisotopic (exact) mass is 471 g/mol. The zero-order chi connectivity index (χ0) is 21.9. The fraction of sp³-hybridized carbons (Fsp3) is 0.348. The van der Waals surface area contributed by atoms with Gasteiger partial charge in [-0.1, -0.05) is 36.7 Å². The lowest BCUT2D eigenvalue weighted by Gasteiger charge is -2.20. The number of halogens is 1. The van der Waals surface area contributed by atoms with E-state index in [1.165, 1.54) is 4.68 Å². The minimum absolute atomic E-state index is 0.210. The molecule has 2 aromatic carbocycles. The predicted molar refractivity (Wildman–Crippen MR) is 124 cm³/mol. The van der Waals surface area contributed by atoms with E-state index in [1.54, 1.807) is 12.3 Å². The van der Waals surface area contributed by atoms with Crippen molar-refractivity contribution in [3.63, 3.8) is 0 Å². The molecule has 3 rings (SSSR count). The van der Waals surface area contributed by atoms with Crippen LogP contribution < -0.4 is 15.0 Å². The van der Waals surface area contributed by atoms with E-state index in [0.29, 0.717) is 41.4 Å². The van der Waals surface area contributed by atoms with Crippen LogP contribution in [0.4, 0.5) is 0 Å². The SMILES string of the molecule is CCOc1ccc(C=Nn2c(C(C)(C)C)nc3ccc(Br)cc3c2=O)cc1OCC. The molecule has 1 aromatic heterocycles. The van der Waals surface area contributed by atoms with Gasteiger partial charge in [-0.2, -0.15) is 9.78 Å². The van der Waals surface area contributed by atoms with Gasteiger partial charge in [0, 0.05) is 9.89 Å². The van der Waals surface area contributed by atoms with Crippen LogP contribution in [0.2, 0.25) is 0 Å². The Morgan fingerprint density at radius 3 is 2.43 bits per heavy atom. The Labute approximate surface area is 184 Å². The molecule has 0 atom stereocenters. The van der Waals surface area contributed by atoms with E-state index < -0.39 is 0 Å². The molecule has 7 heteroatoms. The molecule has 0 unspecified atom stereocenters. The molecule has 0 saturated carbocycles. The smallest absolute Gasteiger partial charge is 0.282 e. The normalized spacial score (nSPS) is 11.9. The summed E-state index contributed by atoms with van der Waals surface area (Å²) in [7, 11) is 0. The number of aromatic nitrogens is 2. The molecule has 1 heterocycles. The molecule has 30 heavy (non-hydrogen) atoms. The Bertz CT molecular complexity index is 1150. The first-order chi connectivity index (χ1) is 14.2. The average molecular weight is 472 g/mol. The van der Waals surface area contributed by atoms with Crippen LogP contribution >= 0.6 is 15.9 Å². The molecule has 0 aliphatic rings. The molecule has 0 N–H and O–H groups in total. The third kappa shape index (κ3) is 4.73. The first kappa shape index (κ1) is 22.0. The van der Waals surface area contributed by atoms with Crippen LogP contribution in [0.5, 0.6) is 11.5 Å². The summed E-state index contributed by atoms with van der Waals surface area (Å²) in [6.45, 7) is 11.0. The summed E-state index contributed by atoms with van der Waals surface area (Å²) >= 11 is 3.43. The second-order valence-corrected chi connectivity index (χ2v) is 8.70. The maximum atomic E-state index is 13.2. The maximum Gasteiger partial charge on any atom is 0.282 e. The van der Waals surface area contributed by atoms with Crippen LogP contribution in [0.1, 0.15) is 46.0 Å². The zero-order valence-corrected chi connectivity index (χ0v) is 19.5. The summed E-state index contributed by atoms with van der Waals surface area (Å²) in [4.78, 5) is 18.0. The predicted octanol–water partition coefficient (Wildman–Crippen LogP) is 5.14. The van der Waals surface area contributed by atoms with Crippen molar-refractivity contribution in [1.29, 1.82) is 0 Å². The number of hydrogen-bond acceptors (Lipinski definition) is 5. The lowest BCUT2D eigenvalue weighted by Crippen LogP contribution is -2.29. The van der Waals surface area contributed by atoms with Crippen molar-refractivity contribution in [2.24, 2.45) is 5.10 Å². The number of nitrogens with zero attached hydrogens (tertiary/aromatic N) is 3. The van der Waals surface area contributed by atoms with Crippen molar-refractivity contribution >= 4 is 33.0 Å². The Hall–Kier alpha value is -2.67. The molecule has 0 aliphatic carbocycles. The highest BCUT2D eigenvalue weighted by atomic mass is 79.9. The van der Waals surface area contributed by atoms with Crippen LogP contribution in [-0.2, 0) is 5.41 Å². The summed E-state index contributed by atoms with van der Waals surface area (Å²) in [6.07, 6.45) is 1.64. The fourth-order valence-corrected chi connectivity index (χ4v) is 3.37. The van der Waals surface area contributed by atoms with Gasteiger partial charge in [-0.05, 0) is 55.8 Å². The van der Waals surface area contributed by atoms with Gasteiger partial charge in [-0.25, -0.2) is 4.98 Å². The van der Waals surface area contributed by atoms with Crippen molar-refractivity contribution in [3.8, 4) is 11.5 Å². The number of hydrogen-bond donors (Lipinski definition) is 0. The summed E-state index contributed by atoms with van der Waals surface area (Å²) in [5, 5.41) is 5.01. The molecule has 0 fully saturated rings. The molecule has 158 valence electrons. The standard InChI is InChI=1S/C23H26BrN3O3/c1-6-29-19-11-8-15(12-20(19)30-7-2)14-25-27-21(28)17-13-16(24)9-10-18(17)26-22(27)23(3,4)5/h8-14H,6-7H2,1-5H3. The minimum atomic E-state index is -0.368. The molecule has 0 spiro atoms. The van der Waals surface area contributed by atoms with Crippen molar-refractivity contribution in [2.75, 3.05) is 13.2 Å².